The highest BCUT2D eigenvalue weighted by Gasteiger charge is 2.42. The molecule has 4 atom stereocenters. The largest absolute Gasteiger partial charge is 0.361 e. The van der Waals surface area contributed by atoms with Gasteiger partial charge in [-0.15, -0.1) is 0 Å². The number of benzene rings is 1. The van der Waals surface area contributed by atoms with Crippen molar-refractivity contribution in [3.8, 4) is 0 Å². The highest BCUT2D eigenvalue weighted by Crippen LogP contribution is 2.39. The van der Waals surface area contributed by atoms with Crippen LogP contribution >= 0.6 is 0 Å². The summed E-state index contributed by atoms with van der Waals surface area (Å²) < 4.78 is 5.35. The molecule has 25 heavy (non-hydrogen) atoms. The Balaban J connectivity index is 1.39. The van der Waals surface area contributed by atoms with Crippen LogP contribution in [0.2, 0.25) is 0 Å². The van der Waals surface area contributed by atoms with Gasteiger partial charge in [0, 0.05) is 37.3 Å². The molecule has 134 valence electrons. The second-order valence-electron chi connectivity index (χ2n) is 7.91. The summed E-state index contributed by atoms with van der Waals surface area (Å²) in [6, 6.07) is 11.8. The first kappa shape index (κ1) is 16.8. The van der Waals surface area contributed by atoms with Gasteiger partial charge in [-0.25, -0.2) is 0 Å². The van der Waals surface area contributed by atoms with Gasteiger partial charge in [0.05, 0.1) is 5.69 Å². The molecule has 2 heterocycles. The molecule has 4 nitrogen and oxygen atoms in total. The smallest absolute Gasteiger partial charge is 0.138 e. The number of hydrogen-bond donors (Lipinski definition) is 1. The van der Waals surface area contributed by atoms with Crippen LogP contribution in [0, 0.1) is 25.7 Å². The minimum atomic E-state index is 0.304. The molecular weight excluding hydrogens is 310 g/mol. The van der Waals surface area contributed by atoms with E-state index in [1.54, 1.807) is 0 Å². The van der Waals surface area contributed by atoms with Crippen LogP contribution in [0.1, 0.15) is 48.4 Å². The average Bonchev–Trinajstić information content (AvgIpc) is 3.25. The summed E-state index contributed by atoms with van der Waals surface area (Å²) in [5.74, 6) is 2.56. The lowest BCUT2D eigenvalue weighted by Crippen LogP contribution is -2.37. The van der Waals surface area contributed by atoms with Gasteiger partial charge in [-0.05, 0) is 51.0 Å². The summed E-state index contributed by atoms with van der Waals surface area (Å²) >= 11 is 0. The van der Waals surface area contributed by atoms with Crippen LogP contribution in [0.15, 0.2) is 34.9 Å². The van der Waals surface area contributed by atoms with E-state index in [0.29, 0.717) is 12.1 Å². The zero-order valence-electron chi connectivity index (χ0n) is 15.5. The number of aromatic nitrogens is 1. The lowest BCUT2D eigenvalue weighted by Gasteiger charge is -2.25. The highest BCUT2D eigenvalue weighted by atomic mass is 16.5. The van der Waals surface area contributed by atoms with Gasteiger partial charge in [0.2, 0.25) is 0 Å². The maximum absolute atomic E-state index is 5.35. The fourth-order valence-corrected chi connectivity index (χ4v) is 5.05. The topological polar surface area (TPSA) is 41.3 Å². The van der Waals surface area contributed by atoms with Crippen molar-refractivity contribution in [2.75, 3.05) is 13.1 Å². The molecule has 1 saturated heterocycles. The summed E-state index contributed by atoms with van der Waals surface area (Å²) in [6.07, 6.45) is 2.64. The van der Waals surface area contributed by atoms with Crippen molar-refractivity contribution in [1.29, 1.82) is 0 Å². The molecule has 0 radical (unpaired) electrons. The van der Waals surface area contributed by atoms with Crippen LogP contribution in [0.5, 0.6) is 0 Å². The fraction of sp³-hybridized carbons (Fsp3) is 0.571. The molecule has 0 bridgehead atoms. The van der Waals surface area contributed by atoms with Crippen molar-refractivity contribution in [3.63, 3.8) is 0 Å². The Hall–Kier alpha value is -1.65. The summed E-state index contributed by atoms with van der Waals surface area (Å²) in [5.41, 5.74) is 3.68. The van der Waals surface area contributed by atoms with Crippen LogP contribution in [-0.2, 0) is 6.54 Å². The van der Waals surface area contributed by atoms with E-state index in [-0.39, 0.29) is 0 Å². The van der Waals surface area contributed by atoms with Crippen molar-refractivity contribution < 1.29 is 4.52 Å². The normalized spacial score (nSPS) is 27.6. The van der Waals surface area contributed by atoms with Crippen molar-refractivity contribution in [3.05, 3.63) is 52.9 Å². The Morgan fingerprint density at radius 2 is 2.00 bits per heavy atom. The van der Waals surface area contributed by atoms with Crippen molar-refractivity contribution in [1.82, 2.24) is 15.4 Å². The van der Waals surface area contributed by atoms with Gasteiger partial charge in [0.1, 0.15) is 5.76 Å². The van der Waals surface area contributed by atoms with Gasteiger partial charge in [0.25, 0.3) is 0 Å². The van der Waals surface area contributed by atoms with E-state index in [4.69, 9.17) is 4.52 Å². The Bertz CT molecular complexity index is 692. The molecule has 2 aromatic rings. The second-order valence-corrected chi connectivity index (χ2v) is 7.91. The molecule has 0 amide bonds. The van der Waals surface area contributed by atoms with Gasteiger partial charge in [-0.2, -0.15) is 0 Å². The van der Waals surface area contributed by atoms with Gasteiger partial charge in [-0.1, -0.05) is 35.5 Å². The van der Waals surface area contributed by atoms with E-state index in [2.05, 4.69) is 52.6 Å². The first-order valence-electron chi connectivity index (χ1n) is 9.57. The van der Waals surface area contributed by atoms with Crippen molar-refractivity contribution in [2.45, 2.75) is 52.2 Å². The third kappa shape index (κ3) is 3.38. The molecule has 0 spiro atoms. The van der Waals surface area contributed by atoms with Crippen molar-refractivity contribution >= 4 is 0 Å². The van der Waals surface area contributed by atoms with Gasteiger partial charge in [0.15, 0.2) is 0 Å². The lowest BCUT2D eigenvalue weighted by atomic mass is 9.96. The molecule has 1 N–H and O–H groups in total. The van der Waals surface area contributed by atoms with Crippen LogP contribution < -0.4 is 5.32 Å². The van der Waals surface area contributed by atoms with Crippen LogP contribution in [0.25, 0.3) is 0 Å². The Labute approximate surface area is 150 Å². The van der Waals surface area contributed by atoms with Gasteiger partial charge in [-0.3, -0.25) is 4.90 Å². The van der Waals surface area contributed by atoms with Crippen LogP contribution in [0.3, 0.4) is 0 Å². The molecule has 1 aromatic heterocycles. The Morgan fingerprint density at radius 1 is 1.20 bits per heavy atom. The first-order chi connectivity index (χ1) is 12.1. The Kier molecular flexibility index (Phi) is 4.65. The number of fused-ring (bicyclic) bond motifs is 1. The highest BCUT2D eigenvalue weighted by molar-refractivity contribution is 5.24. The number of nitrogens with zero attached hydrogens (tertiary/aromatic N) is 2. The zero-order chi connectivity index (χ0) is 17.4. The van der Waals surface area contributed by atoms with E-state index in [0.717, 1.165) is 29.8 Å². The molecule has 2 fully saturated rings. The Morgan fingerprint density at radius 3 is 2.72 bits per heavy atom. The third-order valence-corrected chi connectivity index (χ3v) is 6.17. The molecule has 4 rings (SSSR count). The zero-order valence-corrected chi connectivity index (χ0v) is 15.5. The summed E-state index contributed by atoms with van der Waals surface area (Å²) in [4.78, 5) is 2.64. The third-order valence-electron chi connectivity index (χ3n) is 6.17. The monoisotopic (exact) mass is 339 g/mol. The minimum Gasteiger partial charge on any atom is -0.361 e. The standard InChI is InChI=1S/C21H29N3O/c1-14(21-15(2)23-25-16(21)3)22-20-10-9-18-12-24(13-19(18)20)11-17-7-5-4-6-8-17/h4-8,14,18-20,22H,9-13H2,1-3H3/t14-,18+,19+,20+/m0/s1. The SMILES string of the molecule is Cc1noc(C)c1[C@H](C)N[C@@H]1CC[C@@H]2CN(Cc3ccccc3)C[C@H]21. The minimum absolute atomic E-state index is 0.304. The number of nitrogens with one attached hydrogen (secondary N) is 1. The van der Waals surface area contributed by atoms with E-state index in [1.807, 2.05) is 13.8 Å². The first-order valence-corrected chi connectivity index (χ1v) is 9.57. The lowest BCUT2D eigenvalue weighted by molar-refractivity contribution is 0.283. The molecule has 0 unspecified atom stereocenters. The van der Waals surface area contributed by atoms with Crippen LogP contribution in [0.4, 0.5) is 0 Å². The quantitative estimate of drug-likeness (QED) is 0.898. The average molecular weight is 339 g/mol. The molecular formula is C21H29N3O. The predicted molar refractivity (Wildman–Crippen MR) is 99.2 cm³/mol. The van der Waals surface area contributed by atoms with E-state index in [1.165, 1.54) is 37.1 Å². The molecule has 1 aliphatic heterocycles. The number of aryl methyl sites for hydroxylation is 2. The van der Waals surface area contributed by atoms with Crippen molar-refractivity contribution in [2.24, 2.45) is 11.8 Å². The molecule has 2 aliphatic rings. The van der Waals surface area contributed by atoms with E-state index < -0.39 is 0 Å². The van der Waals surface area contributed by atoms with Gasteiger partial charge < -0.3 is 9.84 Å². The van der Waals surface area contributed by atoms with Gasteiger partial charge >= 0.3 is 0 Å². The number of hydrogen-bond acceptors (Lipinski definition) is 4. The fourth-order valence-electron chi connectivity index (χ4n) is 5.05. The number of rotatable bonds is 5. The molecule has 1 aliphatic carbocycles. The second kappa shape index (κ2) is 6.93. The van der Waals surface area contributed by atoms with E-state index >= 15 is 0 Å². The summed E-state index contributed by atoms with van der Waals surface area (Å²) in [6.45, 7) is 9.85. The van der Waals surface area contributed by atoms with Crippen LogP contribution in [-0.4, -0.2) is 29.2 Å². The maximum atomic E-state index is 5.35. The predicted octanol–water partition coefficient (Wildman–Crippen LogP) is 3.85. The molecule has 1 aromatic carbocycles. The molecule has 4 heteroatoms. The molecule has 1 saturated carbocycles. The maximum Gasteiger partial charge on any atom is 0.138 e. The summed E-state index contributed by atoms with van der Waals surface area (Å²) in [7, 11) is 0. The van der Waals surface area contributed by atoms with E-state index in [9.17, 15) is 0 Å². The summed E-state index contributed by atoms with van der Waals surface area (Å²) in [5, 5.41) is 8.01. The number of likely N-dealkylation sites (tertiary alicyclic amines) is 1.